The van der Waals surface area contributed by atoms with E-state index in [1.54, 1.807) is 4.68 Å². The van der Waals surface area contributed by atoms with Gasteiger partial charge in [0.2, 0.25) is 0 Å². The van der Waals surface area contributed by atoms with Crippen molar-refractivity contribution < 1.29 is 4.79 Å². The van der Waals surface area contributed by atoms with E-state index in [1.165, 1.54) is 0 Å². The van der Waals surface area contributed by atoms with E-state index in [4.69, 9.17) is 0 Å². The quantitative estimate of drug-likeness (QED) is 0.812. The van der Waals surface area contributed by atoms with Gasteiger partial charge in [0.25, 0.3) is 0 Å². The third-order valence-corrected chi connectivity index (χ3v) is 2.83. The normalized spacial score (nSPS) is 10.4. The van der Waals surface area contributed by atoms with Crippen molar-refractivity contribution in [1.82, 2.24) is 15.0 Å². The highest BCUT2D eigenvalue weighted by Crippen LogP contribution is 2.22. The number of hydrogen-bond acceptors (Lipinski definition) is 3. The molecule has 1 heterocycles. The first kappa shape index (κ1) is 11.0. The number of aldehydes is 1. The lowest BCUT2D eigenvalue weighted by molar-refractivity contribution is 0.111. The van der Waals surface area contributed by atoms with Gasteiger partial charge in [-0.1, -0.05) is 33.3 Å². The van der Waals surface area contributed by atoms with Gasteiger partial charge in [-0.3, -0.25) is 4.79 Å². The minimum Gasteiger partial charge on any atom is -0.296 e. The molecule has 2 aromatic rings. The van der Waals surface area contributed by atoms with Crippen LogP contribution in [0.2, 0.25) is 0 Å². The Morgan fingerprint density at radius 2 is 2.06 bits per heavy atom. The number of halogens is 1. The largest absolute Gasteiger partial charge is 0.296 e. The first-order valence-corrected chi connectivity index (χ1v) is 5.70. The number of nitrogens with zero attached hydrogens (tertiary/aromatic N) is 3. The number of aromatic nitrogens is 3. The average Bonchev–Trinajstić information content (AvgIpc) is 2.72. The Bertz CT molecular complexity index is 504. The molecule has 0 atom stereocenters. The zero-order valence-corrected chi connectivity index (χ0v) is 10.3. The van der Waals surface area contributed by atoms with Gasteiger partial charge >= 0.3 is 0 Å². The molecule has 0 saturated heterocycles. The Balaban J connectivity index is 2.51. The molecule has 0 radical (unpaired) electrons. The van der Waals surface area contributed by atoms with Gasteiger partial charge in [-0.15, -0.1) is 5.10 Å². The van der Waals surface area contributed by atoms with Crippen LogP contribution in [0, 0.1) is 0 Å². The van der Waals surface area contributed by atoms with Gasteiger partial charge in [0.05, 0.1) is 0 Å². The lowest BCUT2D eigenvalue weighted by Crippen LogP contribution is -2.01. The second-order valence-electron chi connectivity index (χ2n) is 3.26. The number of benzene rings is 1. The van der Waals surface area contributed by atoms with Crippen LogP contribution in [0.1, 0.15) is 17.4 Å². The van der Waals surface area contributed by atoms with Crippen LogP contribution in [0.3, 0.4) is 0 Å². The summed E-state index contributed by atoms with van der Waals surface area (Å²) in [5.74, 6) is 0. The summed E-state index contributed by atoms with van der Waals surface area (Å²) in [5, 5.41) is 7.95. The van der Waals surface area contributed by atoms with Crippen LogP contribution >= 0.6 is 15.9 Å². The summed E-state index contributed by atoms with van der Waals surface area (Å²) in [6, 6.07) is 7.63. The van der Waals surface area contributed by atoms with E-state index in [9.17, 15) is 4.79 Å². The number of carbonyl (C=O) groups excluding carboxylic acids is 1. The minimum absolute atomic E-state index is 0.518. The fourth-order valence-electron chi connectivity index (χ4n) is 1.48. The molecule has 0 unspecified atom stereocenters. The predicted molar refractivity (Wildman–Crippen MR) is 64.2 cm³/mol. The van der Waals surface area contributed by atoms with Crippen LogP contribution in [0.4, 0.5) is 0 Å². The van der Waals surface area contributed by atoms with E-state index in [2.05, 4.69) is 26.2 Å². The third kappa shape index (κ3) is 1.90. The summed E-state index contributed by atoms with van der Waals surface area (Å²) >= 11 is 3.36. The van der Waals surface area contributed by atoms with Crippen molar-refractivity contribution in [2.45, 2.75) is 13.5 Å². The van der Waals surface area contributed by atoms with Crippen molar-refractivity contribution in [3.05, 3.63) is 34.4 Å². The van der Waals surface area contributed by atoms with Crippen LogP contribution in [-0.2, 0) is 6.54 Å². The monoisotopic (exact) mass is 279 g/mol. The van der Waals surface area contributed by atoms with E-state index in [1.807, 2.05) is 31.2 Å². The van der Waals surface area contributed by atoms with E-state index in [-0.39, 0.29) is 0 Å². The Kier molecular flexibility index (Phi) is 3.14. The predicted octanol–water partition coefficient (Wildman–Crippen LogP) is 2.54. The summed E-state index contributed by atoms with van der Waals surface area (Å²) in [7, 11) is 0. The lowest BCUT2D eigenvalue weighted by Gasteiger charge is -1.99. The maximum absolute atomic E-state index is 11.0. The zero-order valence-electron chi connectivity index (χ0n) is 8.72. The smallest absolute Gasteiger partial charge is 0.170 e. The molecule has 2 rings (SSSR count). The molecule has 0 bridgehead atoms. The molecule has 0 fully saturated rings. The Morgan fingerprint density at radius 3 is 2.62 bits per heavy atom. The highest BCUT2D eigenvalue weighted by Gasteiger charge is 2.12. The zero-order chi connectivity index (χ0) is 11.5. The summed E-state index contributed by atoms with van der Waals surface area (Å²) in [6.45, 7) is 2.56. The van der Waals surface area contributed by atoms with E-state index in [0.717, 1.165) is 16.3 Å². The SMILES string of the molecule is CCn1nnc(-c2ccc(Br)cc2)c1C=O. The standard InChI is InChI=1S/C11H10BrN3O/c1-2-15-10(7-16)11(13-14-15)8-3-5-9(12)6-4-8/h3-7H,2H2,1H3. The van der Waals surface area contributed by atoms with E-state index in [0.29, 0.717) is 17.9 Å². The fraction of sp³-hybridized carbons (Fsp3) is 0.182. The molecule has 1 aromatic carbocycles. The van der Waals surface area contributed by atoms with Crippen LogP contribution in [0.25, 0.3) is 11.3 Å². The van der Waals surface area contributed by atoms with Crippen molar-refractivity contribution in [1.29, 1.82) is 0 Å². The first-order chi connectivity index (χ1) is 7.76. The van der Waals surface area contributed by atoms with Crippen molar-refractivity contribution in [2.75, 3.05) is 0 Å². The van der Waals surface area contributed by atoms with Gasteiger partial charge in [-0.25, -0.2) is 4.68 Å². The molecule has 1 aromatic heterocycles. The number of hydrogen-bond donors (Lipinski definition) is 0. The molecule has 0 aliphatic heterocycles. The van der Waals surface area contributed by atoms with Crippen LogP contribution < -0.4 is 0 Å². The van der Waals surface area contributed by atoms with Gasteiger partial charge in [-0.2, -0.15) is 0 Å². The Morgan fingerprint density at radius 1 is 1.38 bits per heavy atom. The minimum atomic E-state index is 0.518. The average molecular weight is 280 g/mol. The molecule has 0 aliphatic rings. The second-order valence-corrected chi connectivity index (χ2v) is 4.18. The molecule has 0 amide bonds. The fourth-order valence-corrected chi connectivity index (χ4v) is 1.75. The highest BCUT2D eigenvalue weighted by molar-refractivity contribution is 9.10. The van der Waals surface area contributed by atoms with Gasteiger partial charge in [0, 0.05) is 16.6 Å². The Hall–Kier alpha value is -1.49. The Labute approximate surface area is 101 Å². The maximum atomic E-state index is 11.0. The molecule has 5 heteroatoms. The second kappa shape index (κ2) is 4.57. The van der Waals surface area contributed by atoms with Crippen molar-refractivity contribution >= 4 is 22.2 Å². The molecular weight excluding hydrogens is 270 g/mol. The molecule has 82 valence electrons. The van der Waals surface area contributed by atoms with Crippen LogP contribution in [0.5, 0.6) is 0 Å². The van der Waals surface area contributed by atoms with Crippen LogP contribution in [-0.4, -0.2) is 21.3 Å². The molecule has 0 aliphatic carbocycles. The van der Waals surface area contributed by atoms with Gasteiger partial charge in [0.1, 0.15) is 11.4 Å². The highest BCUT2D eigenvalue weighted by atomic mass is 79.9. The summed E-state index contributed by atoms with van der Waals surface area (Å²) in [5.41, 5.74) is 2.04. The van der Waals surface area contributed by atoms with Gasteiger partial charge < -0.3 is 0 Å². The molecule has 0 spiro atoms. The van der Waals surface area contributed by atoms with E-state index < -0.39 is 0 Å². The van der Waals surface area contributed by atoms with Gasteiger partial charge in [0.15, 0.2) is 6.29 Å². The van der Waals surface area contributed by atoms with E-state index >= 15 is 0 Å². The third-order valence-electron chi connectivity index (χ3n) is 2.30. The molecule has 4 nitrogen and oxygen atoms in total. The molecule has 0 saturated carbocycles. The molecule has 16 heavy (non-hydrogen) atoms. The number of aryl methyl sites for hydroxylation is 1. The molecular formula is C11H10BrN3O. The summed E-state index contributed by atoms with van der Waals surface area (Å²) < 4.78 is 2.58. The van der Waals surface area contributed by atoms with Gasteiger partial charge in [-0.05, 0) is 19.1 Å². The maximum Gasteiger partial charge on any atom is 0.170 e. The van der Waals surface area contributed by atoms with Crippen molar-refractivity contribution in [2.24, 2.45) is 0 Å². The lowest BCUT2D eigenvalue weighted by atomic mass is 10.1. The number of carbonyl (C=O) groups is 1. The van der Waals surface area contributed by atoms with Crippen molar-refractivity contribution in [3.8, 4) is 11.3 Å². The van der Waals surface area contributed by atoms with Crippen LogP contribution in [0.15, 0.2) is 28.7 Å². The van der Waals surface area contributed by atoms with Crippen molar-refractivity contribution in [3.63, 3.8) is 0 Å². The summed E-state index contributed by atoms with van der Waals surface area (Å²) in [6.07, 6.45) is 0.793. The topological polar surface area (TPSA) is 47.8 Å². The first-order valence-electron chi connectivity index (χ1n) is 4.91. The summed E-state index contributed by atoms with van der Waals surface area (Å²) in [4.78, 5) is 11.0. The molecule has 0 N–H and O–H groups in total. The number of rotatable bonds is 3.